The minimum atomic E-state index is 0.0846. The van der Waals surface area contributed by atoms with E-state index in [2.05, 4.69) is 17.1 Å². The molecule has 1 aromatic carbocycles. The lowest BCUT2D eigenvalue weighted by Crippen LogP contribution is -2.43. The summed E-state index contributed by atoms with van der Waals surface area (Å²) in [4.78, 5) is 14.5. The van der Waals surface area contributed by atoms with E-state index in [1.54, 1.807) is 0 Å². The van der Waals surface area contributed by atoms with Gasteiger partial charge in [0.2, 0.25) is 5.91 Å². The van der Waals surface area contributed by atoms with Crippen molar-refractivity contribution in [3.05, 3.63) is 29.3 Å². The van der Waals surface area contributed by atoms with Gasteiger partial charge >= 0.3 is 0 Å². The third-order valence-corrected chi connectivity index (χ3v) is 3.90. The second-order valence-corrected chi connectivity index (χ2v) is 5.52. The van der Waals surface area contributed by atoms with Crippen molar-refractivity contribution in [2.75, 3.05) is 31.6 Å². The second kappa shape index (κ2) is 6.86. The Hall–Kier alpha value is -1.39. The van der Waals surface area contributed by atoms with Gasteiger partial charge in [-0.1, -0.05) is 18.2 Å². The quantitative estimate of drug-likeness (QED) is 0.918. The highest BCUT2D eigenvalue weighted by molar-refractivity contribution is 5.92. The van der Waals surface area contributed by atoms with Crippen LogP contribution in [0.2, 0.25) is 0 Å². The Morgan fingerprint density at radius 3 is 2.50 bits per heavy atom. The normalized spacial score (nSPS) is 17.8. The summed E-state index contributed by atoms with van der Waals surface area (Å²) in [5.41, 5.74) is 3.17. The number of hydrogen-bond acceptors (Lipinski definition) is 3. The molecule has 0 aromatic heterocycles. The summed E-state index contributed by atoms with van der Waals surface area (Å²) < 4.78 is 5.34. The molecule has 2 rings (SSSR count). The van der Waals surface area contributed by atoms with Gasteiger partial charge in [0.15, 0.2) is 0 Å². The average Bonchev–Trinajstić information content (AvgIpc) is 2.44. The molecule has 1 saturated heterocycles. The van der Waals surface area contributed by atoms with Gasteiger partial charge in [-0.2, -0.15) is 0 Å². The lowest BCUT2D eigenvalue weighted by molar-refractivity contribution is -0.117. The molecule has 110 valence electrons. The average molecular weight is 276 g/mol. The van der Waals surface area contributed by atoms with E-state index in [1.807, 2.05) is 32.0 Å². The number of rotatable bonds is 4. The summed E-state index contributed by atoms with van der Waals surface area (Å²) in [5.74, 6) is 0.0846. The molecule has 1 N–H and O–H groups in total. The molecule has 1 unspecified atom stereocenters. The Morgan fingerprint density at radius 2 is 1.90 bits per heavy atom. The topological polar surface area (TPSA) is 41.6 Å². The molecule has 1 fully saturated rings. The molecule has 1 aliphatic heterocycles. The van der Waals surface area contributed by atoms with Crippen LogP contribution in [0.25, 0.3) is 0 Å². The zero-order valence-corrected chi connectivity index (χ0v) is 12.6. The molecule has 0 saturated carbocycles. The molecule has 0 bridgehead atoms. The highest BCUT2D eigenvalue weighted by Crippen LogP contribution is 2.20. The smallest absolute Gasteiger partial charge is 0.225 e. The lowest BCUT2D eigenvalue weighted by Gasteiger charge is -2.32. The van der Waals surface area contributed by atoms with Crippen molar-refractivity contribution in [2.45, 2.75) is 33.2 Å². The summed E-state index contributed by atoms with van der Waals surface area (Å²) in [6.07, 6.45) is 0.522. The van der Waals surface area contributed by atoms with Crippen molar-refractivity contribution in [1.29, 1.82) is 0 Å². The molecular formula is C16H24N2O2. The Labute approximate surface area is 121 Å². The van der Waals surface area contributed by atoms with Gasteiger partial charge in [-0.25, -0.2) is 0 Å². The van der Waals surface area contributed by atoms with Gasteiger partial charge in [0.1, 0.15) is 0 Å². The van der Waals surface area contributed by atoms with E-state index >= 15 is 0 Å². The SMILES string of the molecule is Cc1cccc(C)c1NC(=O)CC(C)N1CCOCC1. The molecule has 4 heteroatoms. The zero-order chi connectivity index (χ0) is 14.5. The van der Waals surface area contributed by atoms with Crippen LogP contribution in [0.4, 0.5) is 5.69 Å². The predicted octanol–water partition coefficient (Wildman–Crippen LogP) is 2.35. The Balaban J connectivity index is 1.91. The van der Waals surface area contributed by atoms with Crippen molar-refractivity contribution in [3.63, 3.8) is 0 Å². The van der Waals surface area contributed by atoms with E-state index in [0.29, 0.717) is 6.42 Å². The Bertz CT molecular complexity index is 447. The standard InChI is InChI=1S/C16H24N2O2/c1-12-5-4-6-13(2)16(12)17-15(19)11-14(3)18-7-9-20-10-8-18/h4-6,14H,7-11H2,1-3H3,(H,17,19). The number of anilines is 1. The van der Waals surface area contributed by atoms with Gasteiger partial charge < -0.3 is 10.1 Å². The van der Waals surface area contributed by atoms with Crippen LogP contribution in [0, 0.1) is 13.8 Å². The first-order chi connectivity index (χ1) is 9.58. The fourth-order valence-electron chi connectivity index (χ4n) is 2.62. The predicted molar refractivity (Wildman–Crippen MR) is 81.0 cm³/mol. The third kappa shape index (κ3) is 3.81. The Morgan fingerprint density at radius 1 is 1.30 bits per heavy atom. The molecule has 1 amide bonds. The van der Waals surface area contributed by atoms with Crippen LogP contribution in [0.5, 0.6) is 0 Å². The number of para-hydroxylation sites is 1. The maximum absolute atomic E-state index is 12.2. The first kappa shape index (κ1) is 15.0. The number of morpholine rings is 1. The number of nitrogens with zero attached hydrogens (tertiary/aromatic N) is 1. The molecule has 1 atom stereocenters. The minimum absolute atomic E-state index is 0.0846. The zero-order valence-electron chi connectivity index (χ0n) is 12.6. The monoisotopic (exact) mass is 276 g/mol. The molecule has 1 aliphatic rings. The largest absolute Gasteiger partial charge is 0.379 e. The fourth-order valence-corrected chi connectivity index (χ4v) is 2.62. The Kier molecular flexibility index (Phi) is 5.15. The van der Waals surface area contributed by atoms with Crippen molar-refractivity contribution < 1.29 is 9.53 Å². The molecule has 20 heavy (non-hydrogen) atoms. The van der Waals surface area contributed by atoms with E-state index in [-0.39, 0.29) is 11.9 Å². The molecule has 0 spiro atoms. The van der Waals surface area contributed by atoms with Crippen molar-refractivity contribution in [2.24, 2.45) is 0 Å². The maximum Gasteiger partial charge on any atom is 0.225 e. The second-order valence-electron chi connectivity index (χ2n) is 5.52. The lowest BCUT2D eigenvalue weighted by atomic mass is 10.1. The highest BCUT2D eigenvalue weighted by Gasteiger charge is 2.20. The molecule has 1 aromatic rings. The first-order valence-electron chi connectivity index (χ1n) is 7.26. The summed E-state index contributed by atoms with van der Waals surface area (Å²) in [5, 5.41) is 3.05. The number of benzene rings is 1. The van der Waals surface area contributed by atoms with Gasteiger partial charge in [0.25, 0.3) is 0 Å². The van der Waals surface area contributed by atoms with Crippen LogP contribution in [0.3, 0.4) is 0 Å². The maximum atomic E-state index is 12.2. The number of amides is 1. The van der Waals surface area contributed by atoms with Gasteiger partial charge in [0.05, 0.1) is 13.2 Å². The number of ether oxygens (including phenoxy) is 1. The summed E-state index contributed by atoms with van der Waals surface area (Å²) >= 11 is 0. The highest BCUT2D eigenvalue weighted by atomic mass is 16.5. The molecule has 0 radical (unpaired) electrons. The van der Waals surface area contributed by atoms with Crippen molar-refractivity contribution >= 4 is 11.6 Å². The first-order valence-corrected chi connectivity index (χ1v) is 7.26. The van der Waals surface area contributed by atoms with Gasteiger partial charge in [0, 0.05) is 31.2 Å². The fraction of sp³-hybridized carbons (Fsp3) is 0.562. The number of nitrogens with one attached hydrogen (secondary N) is 1. The van der Waals surface area contributed by atoms with E-state index in [0.717, 1.165) is 43.1 Å². The molecular weight excluding hydrogens is 252 g/mol. The summed E-state index contributed by atoms with van der Waals surface area (Å²) in [6.45, 7) is 9.51. The number of hydrogen-bond donors (Lipinski definition) is 1. The molecule has 4 nitrogen and oxygen atoms in total. The van der Waals surface area contributed by atoms with E-state index in [1.165, 1.54) is 0 Å². The van der Waals surface area contributed by atoms with Crippen LogP contribution in [-0.2, 0) is 9.53 Å². The van der Waals surface area contributed by atoms with Crippen LogP contribution >= 0.6 is 0 Å². The van der Waals surface area contributed by atoms with Crippen LogP contribution < -0.4 is 5.32 Å². The van der Waals surface area contributed by atoms with Crippen molar-refractivity contribution in [1.82, 2.24) is 4.90 Å². The van der Waals surface area contributed by atoms with Crippen LogP contribution in [0.1, 0.15) is 24.5 Å². The number of carbonyl (C=O) groups is 1. The van der Waals surface area contributed by atoms with E-state index in [9.17, 15) is 4.79 Å². The summed E-state index contributed by atoms with van der Waals surface area (Å²) in [7, 11) is 0. The number of aryl methyl sites for hydroxylation is 2. The number of carbonyl (C=O) groups excluding carboxylic acids is 1. The van der Waals surface area contributed by atoms with Gasteiger partial charge in [-0.15, -0.1) is 0 Å². The summed E-state index contributed by atoms with van der Waals surface area (Å²) in [6, 6.07) is 6.31. The van der Waals surface area contributed by atoms with E-state index in [4.69, 9.17) is 4.74 Å². The van der Waals surface area contributed by atoms with Gasteiger partial charge in [-0.05, 0) is 31.9 Å². The van der Waals surface area contributed by atoms with Crippen molar-refractivity contribution in [3.8, 4) is 0 Å². The van der Waals surface area contributed by atoms with Gasteiger partial charge in [-0.3, -0.25) is 9.69 Å². The molecule has 0 aliphatic carbocycles. The van der Waals surface area contributed by atoms with Crippen LogP contribution in [0.15, 0.2) is 18.2 Å². The van der Waals surface area contributed by atoms with E-state index < -0.39 is 0 Å². The molecule has 1 heterocycles. The third-order valence-electron chi connectivity index (χ3n) is 3.90. The van der Waals surface area contributed by atoms with Crippen LogP contribution in [-0.4, -0.2) is 43.2 Å². The minimum Gasteiger partial charge on any atom is -0.379 e.